The van der Waals surface area contributed by atoms with E-state index in [4.69, 9.17) is 0 Å². The van der Waals surface area contributed by atoms with Gasteiger partial charge in [0.15, 0.2) is 0 Å². The van der Waals surface area contributed by atoms with Crippen molar-refractivity contribution in [1.82, 2.24) is 9.88 Å². The predicted molar refractivity (Wildman–Crippen MR) is 97.4 cm³/mol. The first-order chi connectivity index (χ1) is 10.3. The summed E-state index contributed by atoms with van der Waals surface area (Å²) < 4.78 is 1.29. The molecule has 2 nitrogen and oxygen atoms in total. The van der Waals surface area contributed by atoms with Crippen LogP contribution in [0.15, 0.2) is 24.4 Å². The highest BCUT2D eigenvalue weighted by atomic mass is 127. The van der Waals surface area contributed by atoms with Crippen LogP contribution in [0.4, 0.5) is 0 Å². The highest BCUT2D eigenvalue weighted by Gasteiger charge is 2.39. The van der Waals surface area contributed by atoms with Crippen molar-refractivity contribution in [2.45, 2.75) is 38.1 Å². The van der Waals surface area contributed by atoms with Crippen LogP contribution in [-0.2, 0) is 6.42 Å². The zero-order chi connectivity index (χ0) is 14.4. The Kier molecular flexibility index (Phi) is 3.74. The number of likely N-dealkylation sites (tertiary alicyclic amines) is 1. The fourth-order valence-corrected chi connectivity index (χ4v) is 5.19. The summed E-state index contributed by atoms with van der Waals surface area (Å²) in [5.74, 6) is 1.59. The van der Waals surface area contributed by atoms with Crippen LogP contribution < -0.4 is 0 Å². The first-order valence-corrected chi connectivity index (χ1v) is 9.73. The van der Waals surface area contributed by atoms with Gasteiger partial charge in [-0.25, -0.2) is 0 Å². The molecule has 0 spiro atoms. The summed E-state index contributed by atoms with van der Waals surface area (Å²) in [6, 6.07) is 7.57. The van der Waals surface area contributed by atoms with Crippen LogP contribution in [0.25, 0.3) is 10.9 Å². The molecule has 0 radical (unpaired) electrons. The van der Waals surface area contributed by atoms with Crippen LogP contribution >= 0.6 is 22.6 Å². The molecule has 2 aromatic rings. The Morgan fingerprint density at radius 2 is 2.29 bits per heavy atom. The van der Waals surface area contributed by atoms with Crippen LogP contribution in [0.2, 0.25) is 0 Å². The van der Waals surface area contributed by atoms with Gasteiger partial charge in [0.05, 0.1) is 0 Å². The SMILES string of the molecule is CCCN1C[C@H](CI)CC2c3cccc4[nH]cc(c34)C[C@H]21. The normalized spacial score (nSPS) is 28.8. The largest absolute Gasteiger partial charge is 0.361 e. The van der Waals surface area contributed by atoms with Crippen LogP contribution in [0.1, 0.15) is 36.8 Å². The minimum atomic E-state index is 0.720. The average molecular weight is 394 g/mol. The van der Waals surface area contributed by atoms with Crippen molar-refractivity contribution in [1.29, 1.82) is 0 Å². The summed E-state index contributed by atoms with van der Waals surface area (Å²) in [6.45, 7) is 4.87. The number of alkyl halides is 1. The second-order valence-electron chi connectivity index (χ2n) is 6.71. The van der Waals surface area contributed by atoms with E-state index < -0.39 is 0 Å². The molecular weight excluding hydrogens is 371 g/mol. The first-order valence-electron chi connectivity index (χ1n) is 8.20. The van der Waals surface area contributed by atoms with E-state index in [1.54, 1.807) is 5.56 Å². The number of aromatic amines is 1. The molecule has 1 aliphatic carbocycles. The summed E-state index contributed by atoms with van der Waals surface area (Å²) in [5, 5.41) is 1.53. The molecule has 3 heteroatoms. The molecule has 0 amide bonds. The molecule has 1 fully saturated rings. The Bertz CT molecular complexity index is 648. The quantitative estimate of drug-likeness (QED) is 0.606. The fourth-order valence-electron chi connectivity index (χ4n) is 4.56. The number of rotatable bonds is 3. The van der Waals surface area contributed by atoms with Gasteiger partial charge in [0.2, 0.25) is 0 Å². The summed E-state index contributed by atoms with van der Waals surface area (Å²) in [6.07, 6.45) is 6.12. The van der Waals surface area contributed by atoms with Crippen LogP contribution in [0.5, 0.6) is 0 Å². The molecule has 1 N–H and O–H groups in total. The van der Waals surface area contributed by atoms with Crippen LogP contribution in [-0.4, -0.2) is 33.4 Å². The highest BCUT2D eigenvalue weighted by molar-refractivity contribution is 14.1. The van der Waals surface area contributed by atoms with Crippen molar-refractivity contribution in [3.05, 3.63) is 35.5 Å². The number of H-pyrrole nitrogens is 1. The Balaban J connectivity index is 1.79. The van der Waals surface area contributed by atoms with Gasteiger partial charge in [-0.05, 0) is 48.9 Å². The maximum atomic E-state index is 3.48. The van der Waals surface area contributed by atoms with Crippen molar-refractivity contribution >= 4 is 33.5 Å². The molecule has 1 aliphatic heterocycles. The highest BCUT2D eigenvalue weighted by Crippen LogP contribution is 2.44. The third kappa shape index (κ3) is 2.24. The van der Waals surface area contributed by atoms with Crippen molar-refractivity contribution in [2.75, 3.05) is 17.5 Å². The molecule has 21 heavy (non-hydrogen) atoms. The van der Waals surface area contributed by atoms with E-state index in [1.165, 1.54) is 53.2 Å². The Hall–Kier alpha value is -0.550. The topological polar surface area (TPSA) is 19.0 Å². The molecular formula is C18H23IN2. The summed E-state index contributed by atoms with van der Waals surface area (Å²) in [4.78, 5) is 6.27. The average Bonchev–Trinajstić information content (AvgIpc) is 2.93. The zero-order valence-electron chi connectivity index (χ0n) is 12.6. The van der Waals surface area contributed by atoms with E-state index in [1.807, 2.05) is 0 Å². The first kappa shape index (κ1) is 14.1. The van der Waals surface area contributed by atoms with Gasteiger partial charge in [0.1, 0.15) is 0 Å². The number of fused-ring (bicyclic) bond motifs is 2. The van der Waals surface area contributed by atoms with Gasteiger partial charge < -0.3 is 4.98 Å². The molecule has 1 aromatic heterocycles. The number of hydrogen-bond donors (Lipinski definition) is 1. The molecule has 112 valence electrons. The zero-order valence-corrected chi connectivity index (χ0v) is 14.8. The number of nitrogens with one attached hydrogen (secondary N) is 1. The van der Waals surface area contributed by atoms with Crippen LogP contribution in [0.3, 0.4) is 0 Å². The lowest BCUT2D eigenvalue weighted by Gasteiger charge is -2.47. The number of piperidine rings is 1. The van der Waals surface area contributed by atoms with E-state index in [0.717, 1.165) is 17.9 Å². The predicted octanol–water partition coefficient (Wildman–Crippen LogP) is 4.34. The summed E-state index contributed by atoms with van der Waals surface area (Å²) >= 11 is 2.58. The van der Waals surface area contributed by atoms with Gasteiger partial charge in [-0.15, -0.1) is 0 Å². The Morgan fingerprint density at radius 3 is 3.10 bits per heavy atom. The third-order valence-corrected chi connectivity index (χ3v) is 6.64. The number of halogens is 1. The standard InChI is InChI=1S/C18H23IN2/c1-2-6-21-11-12(9-19)7-15-14-4-3-5-16-18(14)13(10-20-16)8-17(15)21/h3-5,10,12,15,17,20H,2,6-9,11H2,1H3/t12-,15?,17+/m0/s1. The molecule has 2 aliphatic rings. The maximum absolute atomic E-state index is 3.48. The summed E-state index contributed by atoms with van der Waals surface area (Å²) in [5.41, 5.74) is 4.48. The van der Waals surface area contributed by atoms with Crippen molar-refractivity contribution < 1.29 is 0 Å². The maximum Gasteiger partial charge on any atom is 0.0459 e. The molecule has 0 bridgehead atoms. The number of benzene rings is 1. The van der Waals surface area contributed by atoms with Crippen molar-refractivity contribution in [2.24, 2.45) is 5.92 Å². The molecule has 4 rings (SSSR count). The Labute approximate surface area is 140 Å². The monoisotopic (exact) mass is 394 g/mol. The van der Waals surface area contributed by atoms with Gasteiger partial charge in [-0.1, -0.05) is 41.6 Å². The second-order valence-corrected chi connectivity index (χ2v) is 7.59. The third-order valence-electron chi connectivity index (χ3n) is 5.39. The van der Waals surface area contributed by atoms with Gasteiger partial charge in [-0.2, -0.15) is 0 Å². The van der Waals surface area contributed by atoms with Gasteiger partial charge in [-0.3, -0.25) is 4.90 Å². The molecule has 2 heterocycles. The summed E-state index contributed by atoms with van der Waals surface area (Å²) in [7, 11) is 0. The minimum absolute atomic E-state index is 0.720. The molecule has 0 saturated carbocycles. The molecule has 1 saturated heterocycles. The molecule has 3 atom stereocenters. The smallest absolute Gasteiger partial charge is 0.0459 e. The van der Waals surface area contributed by atoms with Gasteiger partial charge >= 0.3 is 0 Å². The lowest BCUT2D eigenvalue weighted by atomic mass is 9.72. The van der Waals surface area contributed by atoms with Crippen molar-refractivity contribution in [3.8, 4) is 0 Å². The Morgan fingerprint density at radius 1 is 1.38 bits per heavy atom. The van der Waals surface area contributed by atoms with E-state index in [2.05, 4.69) is 63.8 Å². The number of hydrogen-bond acceptors (Lipinski definition) is 1. The fraction of sp³-hybridized carbons (Fsp3) is 0.556. The van der Waals surface area contributed by atoms with Crippen molar-refractivity contribution in [3.63, 3.8) is 0 Å². The van der Waals surface area contributed by atoms with E-state index in [9.17, 15) is 0 Å². The van der Waals surface area contributed by atoms with E-state index in [0.29, 0.717) is 0 Å². The second kappa shape index (κ2) is 5.58. The molecule has 1 unspecified atom stereocenters. The molecule has 1 aromatic carbocycles. The van der Waals surface area contributed by atoms with Crippen LogP contribution in [0, 0.1) is 5.92 Å². The lowest BCUT2D eigenvalue weighted by Crippen LogP contribution is -2.50. The van der Waals surface area contributed by atoms with E-state index >= 15 is 0 Å². The minimum Gasteiger partial charge on any atom is -0.361 e. The van der Waals surface area contributed by atoms with E-state index in [-0.39, 0.29) is 0 Å². The van der Waals surface area contributed by atoms with Gasteiger partial charge in [0.25, 0.3) is 0 Å². The lowest BCUT2D eigenvalue weighted by molar-refractivity contribution is 0.0936. The number of nitrogens with zero attached hydrogens (tertiary/aromatic N) is 1. The number of aromatic nitrogens is 1. The van der Waals surface area contributed by atoms with Gasteiger partial charge in [0, 0.05) is 40.0 Å².